The lowest BCUT2D eigenvalue weighted by Crippen LogP contribution is -2.29. The zero-order valence-corrected chi connectivity index (χ0v) is 46.2. The summed E-state index contributed by atoms with van der Waals surface area (Å²) in [5.41, 5.74) is 7.97. The molecule has 4 aromatic carbocycles. The number of carbonyl (C=O) groups is 7. The first kappa shape index (κ1) is 59.6. The minimum absolute atomic E-state index is 0.122. The zero-order chi connectivity index (χ0) is 57.6. The number of esters is 3. The molecule has 26 heteroatoms. The fourth-order valence-electron chi connectivity index (χ4n) is 7.22. The van der Waals surface area contributed by atoms with Crippen LogP contribution in [0, 0.1) is 0 Å². The number of thioether (sulfide) groups is 1. The normalized spacial score (nSPS) is 12.9. The van der Waals surface area contributed by atoms with Gasteiger partial charge in [-0.25, -0.2) is 56.0 Å². The molecule has 0 unspecified atom stereocenters. The molecule has 0 spiro atoms. The second-order valence-corrected chi connectivity index (χ2v) is 23.2. The number of fused-ring (bicyclic) bond motifs is 1. The van der Waals surface area contributed by atoms with Crippen molar-refractivity contribution in [1.29, 1.82) is 0 Å². The topological polar surface area (TPSA) is 287 Å². The van der Waals surface area contributed by atoms with Gasteiger partial charge in [0.2, 0.25) is 11.8 Å². The molecule has 5 heterocycles. The monoisotopic (exact) mass is 1200 g/mol. The molecule has 1 saturated heterocycles. The maximum Gasteiger partial charge on any atom is 0.338 e. The van der Waals surface area contributed by atoms with Crippen LogP contribution in [-0.2, 0) is 43.5 Å². The van der Waals surface area contributed by atoms with Crippen LogP contribution in [0.1, 0.15) is 64.6 Å². The fraction of sp³-hybridized carbons (Fsp3) is 0.148. The number of sulfone groups is 2. The summed E-state index contributed by atoms with van der Waals surface area (Å²) in [6.45, 7) is -0.433. The largest absolute Gasteiger partial charge is 0.461 e. The van der Waals surface area contributed by atoms with E-state index >= 15 is 0 Å². The van der Waals surface area contributed by atoms with Crippen molar-refractivity contribution in [2.45, 2.75) is 27.9 Å². The summed E-state index contributed by atoms with van der Waals surface area (Å²) in [4.78, 5) is 98.0. The van der Waals surface area contributed by atoms with E-state index in [-0.39, 0.29) is 87.5 Å². The standard InChI is InChI=1S/C22H15ClN2O6S.C18H15ClN2O6S.C14H13ClN2O2S/c23-15-5-3-4-14(12-15)22(28)31-10-11-32(29,30)19-9-8-16(13-24-19)25-20(26)17-6-1-2-7-18(17)21(25)27;19-13-3-1-2-12(10-13)18(24)27-8-9-28(25,26)15-5-4-14(11-20-15)21-16(22)6-7-17(21)23;15-11-3-1-2-10(8-11)14(18)19-6-7-20-13-5-4-12(16)9-17-13/h1-9,12-13H,10-11H2;1-5,10-11H,6-9H2;1-5,8-9H,6-7,16H2. The van der Waals surface area contributed by atoms with E-state index in [1.165, 1.54) is 60.3 Å². The number of imide groups is 2. The Morgan fingerprint density at radius 1 is 0.512 bits per heavy atom. The lowest BCUT2D eigenvalue weighted by Gasteiger charge is -2.14. The van der Waals surface area contributed by atoms with Crippen molar-refractivity contribution in [2.24, 2.45) is 0 Å². The summed E-state index contributed by atoms with van der Waals surface area (Å²) in [5.74, 6) is -3.80. The van der Waals surface area contributed by atoms with Gasteiger partial charge in [0.15, 0.2) is 29.7 Å². The molecule has 4 amide bonds. The first-order chi connectivity index (χ1) is 38.2. The van der Waals surface area contributed by atoms with Crippen molar-refractivity contribution in [2.75, 3.05) is 52.6 Å². The second kappa shape index (κ2) is 27.2. The third kappa shape index (κ3) is 15.8. The molecule has 0 atom stereocenters. The highest BCUT2D eigenvalue weighted by Crippen LogP contribution is 2.29. The van der Waals surface area contributed by atoms with E-state index in [0.717, 1.165) is 27.2 Å². The highest BCUT2D eigenvalue weighted by Gasteiger charge is 2.37. The van der Waals surface area contributed by atoms with Gasteiger partial charge in [-0.15, -0.1) is 11.8 Å². The summed E-state index contributed by atoms with van der Waals surface area (Å²) in [6, 6.07) is 34.0. The van der Waals surface area contributed by atoms with Crippen molar-refractivity contribution in [3.63, 3.8) is 0 Å². The predicted octanol–water partition coefficient (Wildman–Crippen LogP) is 8.45. The zero-order valence-electron chi connectivity index (χ0n) is 41.5. The summed E-state index contributed by atoms with van der Waals surface area (Å²) < 4.78 is 64.9. The Labute approximate surface area is 477 Å². The second-order valence-electron chi connectivity index (χ2n) is 16.7. The average Bonchev–Trinajstić information content (AvgIpc) is 4.04. The number of nitrogens with two attached hydrogens (primary N) is 1. The number of hydrogen-bond donors (Lipinski definition) is 1. The number of amides is 4. The van der Waals surface area contributed by atoms with Gasteiger partial charge in [0.25, 0.3) is 11.8 Å². The molecule has 1 fully saturated rings. The van der Waals surface area contributed by atoms with E-state index in [9.17, 15) is 50.4 Å². The predicted molar refractivity (Wildman–Crippen MR) is 296 cm³/mol. The smallest absolute Gasteiger partial charge is 0.338 e. The van der Waals surface area contributed by atoms with Crippen molar-refractivity contribution in [3.05, 3.63) is 195 Å². The van der Waals surface area contributed by atoms with E-state index < -0.39 is 54.9 Å². The maximum absolute atomic E-state index is 12.5. The Balaban J connectivity index is 0.000000178. The quantitative estimate of drug-likeness (QED) is 0.0294. The summed E-state index contributed by atoms with van der Waals surface area (Å²) in [5, 5.41) is 1.57. The molecular formula is C54H43Cl3N6O14S3. The third-order valence-corrected chi connectivity index (χ3v) is 15.9. The van der Waals surface area contributed by atoms with Gasteiger partial charge in [-0.3, -0.25) is 19.2 Å². The van der Waals surface area contributed by atoms with Crippen LogP contribution in [-0.4, -0.2) is 110 Å². The summed E-state index contributed by atoms with van der Waals surface area (Å²) in [6.07, 6.45) is 4.15. The number of nitrogen functional groups attached to an aromatic ring is 1. The highest BCUT2D eigenvalue weighted by atomic mass is 35.5. The van der Waals surface area contributed by atoms with Crippen LogP contribution in [0.25, 0.3) is 0 Å². The molecular weight excluding hydrogens is 1160 g/mol. The van der Waals surface area contributed by atoms with Crippen LogP contribution in [0.2, 0.25) is 15.1 Å². The summed E-state index contributed by atoms with van der Waals surface area (Å²) >= 11 is 18.9. The first-order valence-electron chi connectivity index (χ1n) is 23.5. The van der Waals surface area contributed by atoms with Crippen LogP contribution in [0.15, 0.2) is 167 Å². The molecule has 3 aromatic heterocycles. The van der Waals surface area contributed by atoms with Gasteiger partial charge in [-0.2, -0.15) is 0 Å². The number of benzene rings is 4. The lowest BCUT2D eigenvalue weighted by atomic mass is 10.1. The molecule has 0 radical (unpaired) electrons. The molecule has 2 aliphatic heterocycles. The Bertz CT molecular complexity index is 3660. The van der Waals surface area contributed by atoms with E-state index in [1.807, 2.05) is 6.07 Å². The van der Waals surface area contributed by atoms with E-state index in [2.05, 4.69) is 15.0 Å². The minimum atomic E-state index is -3.87. The Morgan fingerprint density at radius 3 is 1.32 bits per heavy atom. The Morgan fingerprint density at radius 2 is 0.938 bits per heavy atom. The summed E-state index contributed by atoms with van der Waals surface area (Å²) in [7, 11) is -7.69. The Hall–Kier alpha value is -8.06. The highest BCUT2D eigenvalue weighted by molar-refractivity contribution is 7.99. The van der Waals surface area contributed by atoms with Crippen LogP contribution < -0.4 is 15.5 Å². The number of pyridine rings is 3. The molecule has 9 rings (SSSR count). The maximum atomic E-state index is 12.5. The molecule has 7 aromatic rings. The third-order valence-electron chi connectivity index (χ3n) is 11.1. The average molecular weight is 1200 g/mol. The molecule has 0 saturated carbocycles. The van der Waals surface area contributed by atoms with Crippen LogP contribution in [0.4, 0.5) is 17.1 Å². The number of nitrogens with zero attached hydrogens (tertiary/aromatic N) is 5. The number of rotatable bonds is 17. The number of halogens is 3. The van der Waals surface area contributed by atoms with Gasteiger partial charge in [0, 0.05) is 33.7 Å². The van der Waals surface area contributed by atoms with Crippen LogP contribution in [0.5, 0.6) is 0 Å². The molecule has 0 bridgehead atoms. The van der Waals surface area contributed by atoms with E-state index in [1.54, 1.807) is 85.1 Å². The molecule has 2 aliphatic rings. The lowest BCUT2D eigenvalue weighted by molar-refractivity contribution is -0.121. The van der Waals surface area contributed by atoms with Crippen LogP contribution in [0.3, 0.4) is 0 Å². The molecule has 2 N–H and O–H groups in total. The van der Waals surface area contributed by atoms with Crippen molar-refractivity contribution in [3.8, 4) is 0 Å². The van der Waals surface area contributed by atoms with Gasteiger partial charge in [0.05, 0.1) is 80.0 Å². The van der Waals surface area contributed by atoms with Gasteiger partial charge in [-0.1, -0.05) is 65.1 Å². The van der Waals surface area contributed by atoms with E-state index in [0.29, 0.717) is 38.7 Å². The van der Waals surface area contributed by atoms with Crippen molar-refractivity contribution < 1.29 is 64.6 Å². The van der Waals surface area contributed by atoms with Gasteiger partial charge >= 0.3 is 17.9 Å². The van der Waals surface area contributed by atoms with E-state index in [4.69, 9.17) is 54.7 Å². The number of aromatic nitrogens is 3. The number of anilines is 3. The Kier molecular flexibility index (Phi) is 20.3. The minimum Gasteiger partial charge on any atom is -0.461 e. The van der Waals surface area contributed by atoms with Crippen LogP contribution >= 0.6 is 46.6 Å². The van der Waals surface area contributed by atoms with Gasteiger partial charge in [-0.05, 0) is 103 Å². The van der Waals surface area contributed by atoms with Gasteiger partial charge < -0.3 is 19.9 Å². The molecule has 0 aliphatic carbocycles. The molecule has 412 valence electrons. The molecule has 80 heavy (non-hydrogen) atoms. The van der Waals surface area contributed by atoms with Gasteiger partial charge in [0.1, 0.15) is 19.8 Å². The fourth-order valence-corrected chi connectivity index (χ4v) is 10.5. The van der Waals surface area contributed by atoms with Crippen molar-refractivity contribution >= 4 is 125 Å². The first-order valence-corrected chi connectivity index (χ1v) is 29.0. The SMILES string of the molecule is Nc1ccc(SCCOC(=O)c2cccc(Cl)c2)nc1.O=C(OCCS(=O)(=O)c1ccc(N2C(=O)CCC2=O)cn1)c1cccc(Cl)c1.O=C(OCCS(=O)(=O)c1ccc(N2C(=O)c3ccccc3C2=O)cn1)c1cccc(Cl)c1. The van der Waals surface area contributed by atoms with Crippen molar-refractivity contribution in [1.82, 2.24) is 15.0 Å². The molecule has 20 nitrogen and oxygen atoms in total. The number of hydrogen-bond acceptors (Lipinski definition) is 19. The number of carbonyl (C=O) groups excluding carboxylic acids is 7. The number of ether oxygens (including phenoxy) is 3.